The topological polar surface area (TPSA) is 106 Å². The number of hydrogen-bond donors (Lipinski definition) is 2. The monoisotopic (exact) mass is 384 g/mol. The minimum atomic E-state index is -0.582. The Hall–Kier alpha value is -3.75. The largest absolute Gasteiger partial charge is 0.468 e. The minimum absolute atomic E-state index is 0.0943. The molecule has 3 aromatic rings. The highest BCUT2D eigenvalue weighted by Gasteiger charge is 2.16. The van der Waals surface area contributed by atoms with Crippen molar-refractivity contribution in [3.8, 4) is 0 Å². The number of aromatic nitrogens is 2. The van der Waals surface area contributed by atoms with E-state index >= 15 is 0 Å². The number of nitrogens with one attached hydrogen (secondary N) is 2. The zero-order valence-electron chi connectivity index (χ0n) is 14.7. The van der Waals surface area contributed by atoms with Gasteiger partial charge in [0.25, 0.3) is 6.47 Å². The van der Waals surface area contributed by atoms with Gasteiger partial charge in [0, 0.05) is 5.69 Å². The average Bonchev–Trinajstić information content (AvgIpc) is 3.17. The molecule has 9 heteroatoms. The summed E-state index contributed by atoms with van der Waals surface area (Å²) < 4.78 is 23.5. The summed E-state index contributed by atoms with van der Waals surface area (Å²) in [6, 6.07) is 13.1. The zero-order valence-corrected chi connectivity index (χ0v) is 14.7. The predicted molar refractivity (Wildman–Crippen MR) is 98.7 cm³/mol. The van der Waals surface area contributed by atoms with E-state index in [1.165, 1.54) is 12.1 Å². The third kappa shape index (κ3) is 5.13. The van der Waals surface area contributed by atoms with Gasteiger partial charge in [0.2, 0.25) is 0 Å². The van der Waals surface area contributed by atoms with Crippen LogP contribution in [0.25, 0.3) is 0 Å². The summed E-state index contributed by atoms with van der Waals surface area (Å²) in [4.78, 5) is 22.3. The zero-order chi connectivity index (χ0) is 19.8. The molecule has 0 saturated carbocycles. The van der Waals surface area contributed by atoms with E-state index in [2.05, 4.69) is 25.6 Å². The normalized spacial score (nSPS) is 10.3. The first-order chi connectivity index (χ1) is 13.7. The van der Waals surface area contributed by atoms with E-state index in [9.17, 15) is 14.0 Å². The summed E-state index contributed by atoms with van der Waals surface area (Å²) in [5, 5.41) is 12.6. The first kappa shape index (κ1) is 19.0. The molecular formula is C19H17FN4O4. The molecule has 0 radical (unpaired) electrons. The molecule has 0 spiro atoms. The van der Waals surface area contributed by atoms with Crippen LogP contribution < -0.4 is 10.6 Å². The second-order valence-electron chi connectivity index (χ2n) is 5.74. The Morgan fingerprint density at radius 3 is 2.68 bits per heavy atom. The molecule has 1 amide bonds. The van der Waals surface area contributed by atoms with Gasteiger partial charge in [0.1, 0.15) is 5.82 Å². The molecule has 0 atom stereocenters. The van der Waals surface area contributed by atoms with Crippen LogP contribution in [0.4, 0.5) is 21.8 Å². The molecule has 0 aliphatic rings. The first-order valence-electron chi connectivity index (χ1n) is 8.46. The molecule has 28 heavy (non-hydrogen) atoms. The number of carbonyl (C=O) groups is 2. The molecule has 1 heterocycles. The van der Waals surface area contributed by atoms with Gasteiger partial charge in [-0.25, -0.2) is 4.39 Å². The van der Waals surface area contributed by atoms with Crippen LogP contribution in [0.15, 0.2) is 52.9 Å². The number of para-hydroxylation sites is 1. The van der Waals surface area contributed by atoms with Crippen molar-refractivity contribution in [2.45, 2.75) is 12.8 Å². The van der Waals surface area contributed by atoms with Gasteiger partial charge in [-0.2, -0.15) is 0 Å². The van der Waals surface area contributed by atoms with Crippen LogP contribution in [0.1, 0.15) is 22.7 Å². The molecule has 2 aromatic carbocycles. The summed E-state index contributed by atoms with van der Waals surface area (Å²) in [6.07, 6.45) is 1.46. The van der Waals surface area contributed by atoms with Crippen molar-refractivity contribution in [3.05, 3.63) is 65.8 Å². The molecule has 8 nitrogen and oxygen atoms in total. The van der Waals surface area contributed by atoms with Gasteiger partial charge in [-0.1, -0.05) is 29.4 Å². The fraction of sp³-hybridized carbons (Fsp3) is 0.158. The Morgan fingerprint density at radius 2 is 1.93 bits per heavy atom. The van der Waals surface area contributed by atoms with E-state index in [1.54, 1.807) is 24.3 Å². The van der Waals surface area contributed by atoms with Crippen LogP contribution in [0, 0.1) is 5.82 Å². The molecule has 0 fully saturated rings. The van der Waals surface area contributed by atoms with Crippen molar-refractivity contribution in [1.29, 1.82) is 0 Å². The molecule has 1 aromatic heterocycles. The Balaban J connectivity index is 1.55. The lowest BCUT2D eigenvalue weighted by Crippen LogP contribution is -2.12. The van der Waals surface area contributed by atoms with Crippen LogP contribution in [0.2, 0.25) is 0 Å². The van der Waals surface area contributed by atoms with Gasteiger partial charge in [0.05, 0.1) is 12.3 Å². The number of ether oxygens (including phenoxy) is 1. The van der Waals surface area contributed by atoms with Gasteiger partial charge in [0.15, 0.2) is 0 Å². The average molecular weight is 384 g/mol. The van der Waals surface area contributed by atoms with Crippen molar-refractivity contribution in [3.63, 3.8) is 0 Å². The lowest BCUT2D eigenvalue weighted by molar-refractivity contribution is -0.128. The van der Waals surface area contributed by atoms with Gasteiger partial charge in [-0.05, 0) is 42.7 Å². The van der Waals surface area contributed by atoms with E-state index in [4.69, 9.17) is 4.42 Å². The van der Waals surface area contributed by atoms with E-state index in [0.29, 0.717) is 25.2 Å². The van der Waals surface area contributed by atoms with Gasteiger partial charge >= 0.3 is 17.8 Å². The molecule has 0 saturated heterocycles. The molecule has 3 rings (SSSR count). The maximum Gasteiger partial charge on any atom is 0.320 e. The Kier molecular flexibility index (Phi) is 6.29. The van der Waals surface area contributed by atoms with Crippen LogP contribution >= 0.6 is 0 Å². The van der Waals surface area contributed by atoms with Crippen molar-refractivity contribution in [2.75, 3.05) is 17.2 Å². The van der Waals surface area contributed by atoms with Crippen molar-refractivity contribution in [2.24, 2.45) is 0 Å². The second kappa shape index (κ2) is 9.26. The standard InChI is InChI=1S/C19H17FN4O4/c20-15-5-1-2-6-16(15)22-19-24-23-18(28-19)17(26)21-14-9-7-13(8-10-14)4-3-11-27-12-25/h1-2,5-10,12H,3-4,11H2,(H,21,26)(H,22,24). The lowest BCUT2D eigenvalue weighted by Gasteiger charge is -2.05. The maximum atomic E-state index is 13.6. The van der Waals surface area contributed by atoms with Crippen LogP contribution in [-0.2, 0) is 16.0 Å². The van der Waals surface area contributed by atoms with E-state index in [0.717, 1.165) is 12.0 Å². The fourth-order valence-electron chi connectivity index (χ4n) is 2.39. The predicted octanol–water partition coefficient (Wildman–Crippen LogP) is 3.31. The Labute approximate surface area is 159 Å². The number of halogens is 1. The van der Waals surface area contributed by atoms with Crippen molar-refractivity contribution < 1.29 is 23.1 Å². The highest BCUT2D eigenvalue weighted by atomic mass is 19.1. The number of anilines is 3. The molecule has 2 N–H and O–H groups in total. The molecule has 144 valence electrons. The third-order valence-electron chi connectivity index (χ3n) is 3.74. The number of carbonyl (C=O) groups excluding carboxylic acids is 2. The van der Waals surface area contributed by atoms with Gasteiger partial charge in [-0.3, -0.25) is 9.59 Å². The summed E-state index contributed by atoms with van der Waals surface area (Å²) in [6.45, 7) is 0.788. The van der Waals surface area contributed by atoms with Crippen LogP contribution in [0.3, 0.4) is 0 Å². The molecular weight excluding hydrogens is 367 g/mol. The summed E-state index contributed by atoms with van der Waals surface area (Å²) in [7, 11) is 0. The Morgan fingerprint density at radius 1 is 1.14 bits per heavy atom. The minimum Gasteiger partial charge on any atom is -0.468 e. The maximum absolute atomic E-state index is 13.6. The van der Waals surface area contributed by atoms with E-state index in [1.807, 2.05) is 12.1 Å². The lowest BCUT2D eigenvalue weighted by atomic mass is 10.1. The first-order valence-corrected chi connectivity index (χ1v) is 8.46. The highest BCUT2D eigenvalue weighted by Crippen LogP contribution is 2.19. The number of aryl methyl sites for hydroxylation is 1. The second-order valence-corrected chi connectivity index (χ2v) is 5.74. The fourth-order valence-corrected chi connectivity index (χ4v) is 2.39. The summed E-state index contributed by atoms with van der Waals surface area (Å²) >= 11 is 0. The number of amides is 1. The van der Waals surface area contributed by atoms with E-state index < -0.39 is 11.7 Å². The van der Waals surface area contributed by atoms with Crippen LogP contribution in [-0.4, -0.2) is 29.2 Å². The van der Waals surface area contributed by atoms with Gasteiger partial charge in [-0.15, -0.1) is 5.10 Å². The number of benzene rings is 2. The number of rotatable bonds is 9. The third-order valence-corrected chi connectivity index (χ3v) is 3.74. The van der Waals surface area contributed by atoms with Crippen LogP contribution in [0.5, 0.6) is 0 Å². The molecule has 0 bridgehead atoms. The summed E-state index contributed by atoms with van der Waals surface area (Å²) in [5.41, 5.74) is 1.76. The number of hydrogen-bond acceptors (Lipinski definition) is 7. The summed E-state index contributed by atoms with van der Waals surface area (Å²) in [5.74, 6) is -1.32. The Bertz CT molecular complexity index is 943. The number of nitrogens with zero attached hydrogens (tertiary/aromatic N) is 2. The SMILES string of the molecule is O=COCCCc1ccc(NC(=O)c2nnc(Nc3ccccc3F)o2)cc1. The quantitative estimate of drug-likeness (QED) is 0.430. The van der Waals surface area contributed by atoms with E-state index in [-0.39, 0.29) is 17.6 Å². The van der Waals surface area contributed by atoms with Crippen molar-refractivity contribution in [1.82, 2.24) is 10.2 Å². The smallest absolute Gasteiger partial charge is 0.320 e. The highest BCUT2D eigenvalue weighted by molar-refractivity contribution is 6.00. The molecule has 0 aliphatic carbocycles. The van der Waals surface area contributed by atoms with Gasteiger partial charge < -0.3 is 19.8 Å². The molecule has 0 aliphatic heterocycles. The molecule has 0 unspecified atom stereocenters. The van der Waals surface area contributed by atoms with Crippen molar-refractivity contribution >= 4 is 29.8 Å².